The van der Waals surface area contributed by atoms with Gasteiger partial charge in [-0.1, -0.05) is 30.3 Å². The Morgan fingerprint density at radius 1 is 1.11 bits per heavy atom. The molecule has 1 amide bonds. The van der Waals surface area contributed by atoms with Gasteiger partial charge in [0.15, 0.2) is 17.3 Å². The van der Waals surface area contributed by atoms with Crippen LogP contribution < -0.4 is 19.5 Å². The number of aryl methyl sites for hydroxylation is 1. The number of benzene rings is 2. The second kappa shape index (κ2) is 10.4. The van der Waals surface area contributed by atoms with Crippen LogP contribution in [0.4, 0.5) is 0 Å². The van der Waals surface area contributed by atoms with E-state index in [2.05, 4.69) is 25.0 Å². The molecule has 2 aliphatic rings. The highest BCUT2D eigenvalue weighted by Gasteiger charge is 2.24. The molecule has 0 saturated carbocycles. The van der Waals surface area contributed by atoms with Crippen LogP contribution in [0.3, 0.4) is 0 Å². The fourth-order valence-electron chi connectivity index (χ4n) is 4.68. The van der Waals surface area contributed by atoms with Crippen molar-refractivity contribution in [3.05, 3.63) is 65.2 Å². The number of fused-ring (bicyclic) bond motifs is 2. The van der Waals surface area contributed by atoms with Crippen LogP contribution in [0.2, 0.25) is 0 Å². The van der Waals surface area contributed by atoms with Gasteiger partial charge in [-0.3, -0.25) is 9.69 Å². The van der Waals surface area contributed by atoms with E-state index in [4.69, 9.17) is 14.2 Å². The molecule has 9 heteroatoms. The van der Waals surface area contributed by atoms with Gasteiger partial charge in [-0.05, 0) is 36.6 Å². The Labute approximate surface area is 205 Å². The molecular weight excluding hydrogens is 446 g/mol. The Morgan fingerprint density at radius 2 is 1.97 bits per heavy atom. The van der Waals surface area contributed by atoms with E-state index in [1.807, 2.05) is 49.4 Å². The zero-order chi connectivity index (χ0) is 24.2. The number of hydrogen-bond acceptors (Lipinski definition) is 7. The van der Waals surface area contributed by atoms with Crippen LogP contribution in [0, 0.1) is 0 Å². The quantitative estimate of drug-likeness (QED) is 0.534. The lowest BCUT2D eigenvalue weighted by Gasteiger charge is -2.21. The summed E-state index contributed by atoms with van der Waals surface area (Å²) in [6.45, 7) is 5.45. The highest BCUT2D eigenvalue weighted by atomic mass is 16.7. The van der Waals surface area contributed by atoms with Crippen LogP contribution in [-0.2, 0) is 30.7 Å². The van der Waals surface area contributed by atoms with Crippen LogP contribution in [0.25, 0.3) is 0 Å². The van der Waals surface area contributed by atoms with Crippen molar-refractivity contribution in [2.24, 2.45) is 0 Å². The molecular formula is C26H31N5O4. The van der Waals surface area contributed by atoms with Crippen molar-refractivity contribution in [3.63, 3.8) is 0 Å². The van der Waals surface area contributed by atoms with E-state index in [1.54, 1.807) is 7.11 Å². The molecule has 0 spiro atoms. The average molecular weight is 478 g/mol. The summed E-state index contributed by atoms with van der Waals surface area (Å²) in [4.78, 5) is 14.9. The topological polar surface area (TPSA) is 90.7 Å². The van der Waals surface area contributed by atoms with Crippen LogP contribution >= 0.6 is 0 Å². The Bertz CT molecular complexity index is 1180. The Balaban J connectivity index is 1.19. The molecule has 3 aromatic rings. The highest BCUT2D eigenvalue weighted by Crippen LogP contribution is 2.42. The zero-order valence-electron chi connectivity index (χ0n) is 20.2. The van der Waals surface area contributed by atoms with Crippen molar-refractivity contribution >= 4 is 5.91 Å². The van der Waals surface area contributed by atoms with Crippen molar-refractivity contribution in [1.29, 1.82) is 0 Å². The molecule has 2 aromatic carbocycles. The lowest BCUT2D eigenvalue weighted by atomic mass is 10.1. The van der Waals surface area contributed by atoms with Gasteiger partial charge in [-0.2, -0.15) is 0 Å². The van der Waals surface area contributed by atoms with Crippen LogP contribution in [-0.4, -0.2) is 52.6 Å². The maximum Gasteiger partial charge on any atom is 0.231 e. The maximum absolute atomic E-state index is 12.5. The molecule has 184 valence electrons. The molecule has 9 nitrogen and oxygen atoms in total. The number of nitrogens with zero attached hydrogens (tertiary/aromatic N) is 4. The van der Waals surface area contributed by atoms with Gasteiger partial charge in [0.05, 0.1) is 13.2 Å². The van der Waals surface area contributed by atoms with E-state index in [9.17, 15) is 4.79 Å². The van der Waals surface area contributed by atoms with Crippen LogP contribution in [0.15, 0.2) is 42.5 Å². The maximum atomic E-state index is 12.5. The molecule has 35 heavy (non-hydrogen) atoms. The SMILES string of the molecule is COc1cc(CN2CCc3nnc(C(C)NC(=O)CCc4ccccc4)n3CC2)cc2c1OCO2. The molecule has 0 fully saturated rings. The number of hydrogen-bond donors (Lipinski definition) is 1. The number of methoxy groups -OCH3 is 1. The monoisotopic (exact) mass is 477 g/mol. The molecule has 2 aliphatic heterocycles. The lowest BCUT2D eigenvalue weighted by molar-refractivity contribution is -0.121. The number of carbonyl (C=O) groups is 1. The molecule has 1 atom stereocenters. The summed E-state index contributed by atoms with van der Waals surface area (Å²) in [5.41, 5.74) is 2.27. The Kier molecular flexibility index (Phi) is 6.85. The van der Waals surface area contributed by atoms with Crippen molar-refractivity contribution in [2.45, 2.75) is 45.3 Å². The van der Waals surface area contributed by atoms with Crippen molar-refractivity contribution < 1.29 is 19.0 Å². The zero-order valence-corrected chi connectivity index (χ0v) is 20.2. The minimum absolute atomic E-state index is 0.0192. The van der Waals surface area contributed by atoms with Gasteiger partial charge in [-0.25, -0.2) is 0 Å². The number of ether oxygens (including phenoxy) is 3. The van der Waals surface area contributed by atoms with E-state index in [-0.39, 0.29) is 18.7 Å². The number of aromatic nitrogens is 3. The first-order valence-corrected chi connectivity index (χ1v) is 12.0. The van der Waals surface area contributed by atoms with E-state index in [0.29, 0.717) is 17.9 Å². The fraction of sp³-hybridized carbons (Fsp3) is 0.423. The van der Waals surface area contributed by atoms with Crippen molar-refractivity contribution in [2.75, 3.05) is 27.0 Å². The van der Waals surface area contributed by atoms with E-state index >= 15 is 0 Å². The van der Waals surface area contributed by atoms with Gasteiger partial charge in [-0.15, -0.1) is 10.2 Å². The lowest BCUT2D eigenvalue weighted by Crippen LogP contribution is -2.30. The minimum atomic E-state index is -0.204. The van der Waals surface area contributed by atoms with Crippen LogP contribution in [0.1, 0.15) is 42.2 Å². The largest absolute Gasteiger partial charge is 0.493 e. The number of nitrogens with one attached hydrogen (secondary N) is 1. The first-order valence-electron chi connectivity index (χ1n) is 12.0. The van der Waals surface area contributed by atoms with Gasteiger partial charge in [0, 0.05) is 39.0 Å². The summed E-state index contributed by atoms with van der Waals surface area (Å²) in [5, 5.41) is 11.9. The van der Waals surface area contributed by atoms with E-state index in [1.165, 1.54) is 0 Å². The van der Waals surface area contributed by atoms with Gasteiger partial charge in [0.2, 0.25) is 18.4 Å². The van der Waals surface area contributed by atoms with Gasteiger partial charge < -0.3 is 24.1 Å². The third-order valence-electron chi connectivity index (χ3n) is 6.52. The van der Waals surface area contributed by atoms with Gasteiger partial charge in [0.1, 0.15) is 5.82 Å². The third kappa shape index (κ3) is 5.24. The predicted molar refractivity (Wildman–Crippen MR) is 129 cm³/mol. The number of amides is 1. The molecule has 1 unspecified atom stereocenters. The highest BCUT2D eigenvalue weighted by molar-refractivity contribution is 5.76. The summed E-state index contributed by atoms with van der Waals surface area (Å²) >= 11 is 0. The molecule has 0 saturated heterocycles. The molecule has 3 heterocycles. The van der Waals surface area contributed by atoms with Crippen molar-refractivity contribution in [1.82, 2.24) is 25.0 Å². The number of carbonyl (C=O) groups excluding carboxylic acids is 1. The summed E-state index contributed by atoms with van der Waals surface area (Å²) < 4.78 is 18.7. The second-order valence-electron chi connectivity index (χ2n) is 8.96. The van der Waals surface area contributed by atoms with Gasteiger partial charge in [0.25, 0.3) is 0 Å². The average Bonchev–Trinajstić information content (AvgIpc) is 3.47. The van der Waals surface area contributed by atoms with E-state index in [0.717, 1.165) is 67.5 Å². The molecule has 1 aromatic heterocycles. The van der Waals surface area contributed by atoms with E-state index < -0.39 is 0 Å². The Morgan fingerprint density at radius 3 is 2.80 bits per heavy atom. The Hall–Kier alpha value is -3.59. The third-order valence-corrected chi connectivity index (χ3v) is 6.52. The molecule has 0 bridgehead atoms. The van der Waals surface area contributed by atoms with Crippen molar-refractivity contribution in [3.8, 4) is 17.2 Å². The normalized spacial score (nSPS) is 15.8. The number of rotatable bonds is 8. The molecule has 0 radical (unpaired) electrons. The molecule has 1 N–H and O–H groups in total. The first-order chi connectivity index (χ1) is 17.1. The standard InChI is InChI=1S/C26H31N5O4/c1-18(27-24(32)9-8-19-6-4-3-5-7-19)26-29-28-23-10-11-30(12-13-31(23)26)16-20-14-21(33-2)25-22(15-20)34-17-35-25/h3-7,14-15,18H,8-13,16-17H2,1-2H3,(H,27,32). The summed E-state index contributed by atoms with van der Waals surface area (Å²) in [6, 6.07) is 13.9. The minimum Gasteiger partial charge on any atom is -0.493 e. The summed E-state index contributed by atoms with van der Waals surface area (Å²) in [5.74, 6) is 3.87. The second-order valence-corrected chi connectivity index (χ2v) is 8.96. The van der Waals surface area contributed by atoms with Gasteiger partial charge >= 0.3 is 0 Å². The summed E-state index contributed by atoms with van der Waals surface area (Å²) in [6.07, 6.45) is 1.96. The van der Waals surface area contributed by atoms with Crippen LogP contribution in [0.5, 0.6) is 17.2 Å². The molecule has 0 aliphatic carbocycles. The molecule has 5 rings (SSSR count). The first kappa shape index (κ1) is 23.2. The predicted octanol–water partition coefficient (Wildman–Crippen LogP) is 2.88. The smallest absolute Gasteiger partial charge is 0.231 e. The fourth-order valence-corrected chi connectivity index (χ4v) is 4.68. The summed E-state index contributed by atoms with van der Waals surface area (Å²) in [7, 11) is 1.64.